The number of nitrogens with two attached hydrogens (primary N) is 1. The molecular formula is C14H15N3S. The van der Waals surface area contributed by atoms with Gasteiger partial charge in [0, 0.05) is 12.0 Å². The molecule has 18 heavy (non-hydrogen) atoms. The summed E-state index contributed by atoms with van der Waals surface area (Å²) in [5, 5.41) is 10.1. The van der Waals surface area contributed by atoms with Crippen LogP contribution in [0.25, 0.3) is 11.3 Å². The van der Waals surface area contributed by atoms with Crippen molar-refractivity contribution < 1.29 is 0 Å². The van der Waals surface area contributed by atoms with Crippen molar-refractivity contribution in [3.63, 3.8) is 0 Å². The number of aryl methyl sites for hydroxylation is 2. The van der Waals surface area contributed by atoms with Gasteiger partial charge in [-0.05, 0) is 37.6 Å². The first-order valence-corrected chi connectivity index (χ1v) is 6.65. The molecule has 2 aromatic rings. The predicted octanol–water partition coefficient (Wildman–Crippen LogP) is 2.80. The summed E-state index contributed by atoms with van der Waals surface area (Å²) < 4.78 is 0. The molecule has 0 saturated carbocycles. The van der Waals surface area contributed by atoms with Gasteiger partial charge in [-0.1, -0.05) is 12.1 Å². The molecule has 0 fully saturated rings. The van der Waals surface area contributed by atoms with E-state index in [1.165, 1.54) is 22.5 Å². The number of benzene rings is 1. The molecule has 2 rings (SSSR count). The third-order valence-corrected chi connectivity index (χ3v) is 3.93. The van der Waals surface area contributed by atoms with E-state index in [9.17, 15) is 5.26 Å². The van der Waals surface area contributed by atoms with Gasteiger partial charge in [0.1, 0.15) is 10.9 Å². The van der Waals surface area contributed by atoms with E-state index in [0.717, 1.165) is 22.7 Å². The highest BCUT2D eigenvalue weighted by Gasteiger charge is 2.12. The summed E-state index contributed by atoms with van der Waals surface area (Å²) in [7, 11) is 0. The fourth-order valence-corrected chi connectivity index (χ4v) is 2.65. The standard InChI is InChI=1S/C14H15N3S/c1-9-3-4-11(7-10(9)2)14-12(8-16)18-13(17-14)5-6-15/h3-4,7H,5-6,15H2,1-2H3. The minimum absolute atomic E-state index is 0.560. The van der Waals surface area contributed by atoms with Gasteiger partial charge in [0.2, 0.25) is 0 Å². The number of thiazole rings is 1. The number of nitrogens with zero attached hydrogens (tertiary/aromatic N) is 2. The van der Waals surface area contributed by atoms with Crippen molar-refractivity contribution in [3.05, 3.63) is 39.2 Å². The van der Waals surface area contributed by atoms with Crippen molar-refractivity contribution in [3.8, 4) is 17.3 Å². The second-order valence-electron chi connectivity index (χ2n) is 4.23. The van der Waals surface area contributed by atoms with Crippen LogP contribution in [0.4, 0.5) is 0 Å². The molecule has 0 amide bonds. The molecule has 1 aromatic carbocycles. The number of rotatable bonds is 3. The highest BCUT2D eigenvalue weighted by molar-refractivity contribution is 7.12. The Hall–Kier alpha value is -1.70. The van der Waals surface area contributed by atoms with Crippen LogP contribution >= 0.6 is 11.3 Å². The third kappa shape index (κ3) is 2.42. The minimum Gasteiger partial charge on any atom is -0.330 e. The second-order valence-corrected chi connectivity index (χ2v) is 5.32. The summed E-state index contributed by atoms with van der Waals surface area (Å²) in [5.41, 5.74) is 9.78. The molecule has 0 spiro atoms. The number of hydrogen-bond acceptors (Lipinski definition) is 4. The molecule has 0 aliphatic heterocycles. The summed E-state index contributed by atoms with van der Waals surface area (Å²) in [6, 6.07) is 8.38. The summed E-state index contributed by atoms with van der Waals surface area (Å²) in [6.07, 6.45) is 0.726. The smallest absolute Gasteiger partial charge is 0.132 e. The average molecular weight is 257 g/mol. The van der Waals surface area contributed by atoms with Crippen molar-refractivity contribution in [1.29, 1.82) is 5.26 Å². The van der Waals surface area contributed by atoms with Gasteiger partial charge in [-0.15, -0.1) is 11.3 Å². The maximum absolute atomic E-state index is 9.17. The van der Waals surface area contributed by atoms with E-state index in [4.69, 9.17) is 5.73 Å². The van der Waals surface area contributed by atoms with Crippen molar-refractivity contribution >= 4 is 11.3 Å². The van der Waals surface area contributed by atoms with Crippen LogP contribution in [-0.2, 0) is 6.42 Å². The molecule has 3 nitrogen and oxygen atoms in total. The van der Waals surface area contributed by atoms with E-state index in [0.29, 0.717) is 11.4 Å². The van der Waals surface area contributed by atoms with Gasteiger partial charge in [0.05, 0.1) is 10.7 Å². The SMILES string of the molecule is Cc1ccc(-c2nc(CCN)sc2C#N)cc1C. The Kier molecular flexibility index (Phi) is 3.75. The van der Waals surface area contributed by atoms with Crippen LogP contribution in [0.2, 0.25) is 0 Å². The van der Waals surface area contributed by atoms with Crippen LogP contribution in [0.3, 0.4) is 0 Å². The Morgan fingerprint density at radius 3 is 2.72 bits per heavy atom. The van der Waals surface area contributed by atoms with Gasteiger partial charge < -0.3 is 5.73 Å². The monoisotopic (exact) mass is 257 g/mol. The lowest BCUT2D eigenvalue weighted by Gasteiger charge is -2.03. The molecule has 4 heteroatoms. The molecule has 92 valence electrons. The minimum atomic E-state index is 0.560. The Morgan fingerprint density at radius 2 is 2.11 bits per heavy atom. The fraction of sp³-hybridized carbons (Fsp3) is 0.286. The van der Waals surface area contributed by atoms with E-state index in [1.54, 1.807) is 0 Å². The maximum atomic E-state index is 9.17. The van der Waals surface area contributed by atoms with E-state index in [-0.39, 0.29) is 0 Å². The van der Waals surface area contributed by atoms with Crippen molar-refractivity contribution in [1.82, 2.24) is 4.98 Å². The zero-order valence-corrected chi connectivity index (χ0v) is 11.3. The average Bonchev–Trinajstić information content (AvgIpc) is 2.76. The predicted molar refractivity (Wildman–Crippen MR) is 74.5 cm³/mol. The zero-order chi connectivity index (χ0) is 13.1. The highest BCUT2D eigenvalue weighted by Crippen LogP contribution is 2.29. The molecule has 1 aromatic heterocycles. The molecule has 0 unspecified atom stereocenters. The lowest BCUT2D eigenvalue weighted by molar-refractivity contribution is 0.954. The molecule has 0 saturated heterocycles. The Balaban J connectivity index is 2.49. The first-order valence-electron chi connectivity index (χ1n) is 5.83. The molecule has 0 radical (unpaired) electrons. The van der Waals surface area contributed by atoms with Gasteiger partial charge in [-0.3, -0.25) is 0 Å². The van der Waals surface area contributed by atoms with Crippen LogP contribution in [0.5, 0.6) is 0 Å². The largest absolute Gasteiger partial charge is 0.330 e. The lowest BCUT2D eigenvalue weighted by Crippen LogP contribution is -2.01. The van der Waals surface area contributed by atoms with Crippen LogP contribution in [0, 0.1) is 25.2 Å². The molecule has 2 N–H and O–H groups in total. The molecule has 0 aliphatic rings. The molecule has 0 bridgehead atoms. The van der Waals surface area contributed by atoms with E-state index >= 15 is 0 Å². The van der Waals surface area contributed by atoms with E-state index < -0.39 is 0 Å². The normalized spacial score (nSPS) is 10.3. The van der Waals surface area contributed by atoms with E-state index in [2.05, 4.69) is 37.0 Å². The molecule has 0 aliphatic carbocycles. The van der Waals surface area contributed by atoms with Crippen LogP contribution in [0.15, 0.2) is 18.2 Å². The summed E-state index contributed by atoms with van der Waals surface area (Å²) in [4.78, 5) is 5.20. The summed E-state index contributed by atoms with van der Waals surface area (Å²) >= 11 is 1.44. The number of hydrogen-bond donors (Lipinski definition) is 1. The quantitative estimate of drug-likeness (QED) is 0.919. The van der Waals surface area contributed by atoms with Crippen LogP contribution in [-0.4, -0.2) is 11.5 Å². The summed E-state index contributed by atoms with van der Waals surface area (Å²) in [6.45, 7) is 4.70. The lowest BCUT2D eigenvalue weighted by atomic mass is 10.0. The maximum Gasteiger partial charge on any atom is 0.132 e. The second kappa shape index (κ2) is 5.30. The van der Waals surface area contributed by atoms with Crippen LogP contribution < -0.4 is 5.73 Å². The molecular weight excluding hydrogens is 242 g/mol. The van der Waals surface area contributed by atoms with Gasteiger partial charge >= 0.3 is 0 Å². The summed E-state index contributed by atoms with van der Waals surface area (Å²) in [5.74, 6) is 0. The Morgan fingerprint density at radius 1 is 1.33 bits per heavy atom. The number of nitriles is 1. The van der Waals surface area contributed by atoms with Gasteiger partial charge in [-0.25, -0.2) is 4.98 Å². The topological polar surface area (TPSA) is 62.7 Å². The molecule has 0 atom stereocenters. The van der Waals surface area contributed by atoms with E-state index in [1.807, 2.05) is 6.07 Å². The van der Waals surface area contributed by atoms with Crippen molar-refractivity contribution in [2.75, 3.05) is 6.54 Å². The number of aromatic nitrogens is 1. The first kappa shape index (κ1) is 12.7. The zero-order valence-electron chi connectivity index (χ0n) is 10.5. The van der Waals surface area contributed by atoms with Crippen LogP contribution in [0.1, 0.15) is 21.0 Å². The van der Waals surface area contributed by atoms with Crippen molar-refractivity contribution in [2.24, 2.45) is 5.73 Å². The van der Waals surface area contributed by atoms with Crippen molar-refractivity contribution in [2.45, 2.75) is 20.3 Å². The van der Waals surface area contributed by atoms with Gasteiger partial charge in [0.25, 0.3) is 0 Å². The highest BCUT2D eigenvalue weighted by atomic mass is 32.1. The Labute approximate surface area is 111 Å². The fourth-order valence-electron chi connectivity index (χ4n) is 1.75. The first-order chi connectivity index (χ1) is 8.65. The van der Waals surface area contributed by atoms with Gasteiger partial charge in [0.15, 0.2) is 0 Å². The van der Waals surface area contributed by atoms with Gasteiger partial charge in [-0.2, -0.15) is 5.26 Å². The third-order valence-electron chi connectivity index (χ3n) is 2.91. The molecule has 1 heterocycles. The Bertz CT molecular complexity index is 608.